The minimum absolute atomic E-state index is 0.123. The van der Waals surface area contributed by atoms with Crippen LogP contribution in [0.2, 0.25) is 0 Å². The van der Waals surface area contributed by atoms with Gasteiger partial charge < -0.3 is 14.7 Å². The van der Waals surface area contributed by atoms with E-state index in [0.29, 0.717) is 17.5 Å². The van der Waals surface area contributed by atoms with Crippen molar-refractivity contribution in [3.63, 3.8) is 0 Å². The summed E-state index contributed by atoms with van der Waals surface area (Å²) in [4.78, 5) is 4.28. The summed E-state index contributed by atoms with van der Waals surface area (Å²) >= 11 is 0. The quantitative estimate of drug-likeness (QED) is 0.865. The Kier molecular flexibility index (Phi) is 2.79. The molecule has 17 heavy (non-hydrogen) atoms. The van der Waals surface area contributed by atoms with E-state index in [1.54, 1.807) is 6.26 Å². The molecule has 0 amide bonds. The Bertz CT molecular complexity index is 508. The Morgan fingerprint density at radius 1 is 1.35 bits per heavy atom. The normalized spacial score (nSPS) is 13.9. The fourth-order valence-electron chi connectivity index (χ4n) is 1.43. The molecule has 5 nitrogen and oxygen atoms in total. The van der Waals surface area contributed by atoms with E-state index in [1.165, 1.54) is 0 Å². The second-order valence-corrected chi connectivity index (χ2v) is 5.23. The van der Waals surface area contributed by atoms with Gasteiger partial charge in [-0.05, 0) is 24.0 Å². The second-order valence-electron chi connectivity index (χ2n) is 5.23. The standard InChI is InChI=1S/C12H17N3O2/c1-7-5-6-16-8(7)10-14-11(17-15-10)9(13)12(2,3)4/h5-6,9H,13H2,1-4H3/t9-/m1/s1. The largest absolute Gasteiger partial charge is 0.461 e. The van der Waals surface area contributed by atoms with Crippen molar-refractivity contribution >= 4 is 0 Å². The highest BCUT2D eigenvalue weighted by molar-refractivity contribution is 5.51. The summed E-state index contributed by atoms with van der Waals surface area (Å²) < 4.78 is 10.5. The Labute approximate surface area is 100.0 Å². The number of furan rings is 1. The fraction of sp³-hybridized carbons (Fsp3) is 0.500. The van der Waals surface area contributed by atoms with Gasteiger partial charge >= 0.3 is 0 Å². The fourth-order valence-corrected chi connectivity index (χ4v) is 1.43. The molecule has 1 atom stereocenters. The highest BCUT2D eigenvalue weighted by atomic mass is 16.5. The predicted molar refractivity (Wildman–Crippen MR) is 63.1 cm³/mol. The Balaban J connectivity index is 2.31. The van der Waals surface area contributed by atoms with E-state index < -0.39 is 0 Å². The first-order chi connectivity index (χ1) is 7.89. The molecular formula is C12H17N3O2. The molecule has 0 fully saturated rings. The van der Waals surface area contributed by atoms with Crippen LogP contribution in [0.1, 0.15) is 38.3 Å². The van der Waals surface area contributed by atoms with Gasteiger partial charge in [-0.3, -0.25) is 0 Å². The molecule has 5 heteroatoms. The molecule has 0 saturated carbocycles. The topological polar surface area (TPSA) is 78.1 Å². The molecule has 2 aromatic rings. The van der Waals surface area contributed by atoms with Crippen molar-refractivity contribution in [1.82, 2.24) is 10.1 Å². The maximum Gasteiger partial charge on any atom is 0.244 e. The number of nitrogens with zero attached hydrogens (tertiary/aromatic N) is 2. The van der Waals surface area contributed by atoms with Crippen LogP contribution in [-0.4, -0.2) is 10.1 Å². The lowest BCUT2D eigenvalue weighted by Crippen LogP contribution is -2.26. The van der Waals surface area contributed by atoms with Gasteiger partial charge in [0.05, 0.1) is 12.3 Å². The molecule has 0 aliphatic heterocycles. The second kappa shape index (κ2) is 4.00. The zero-order chi connectivity index (χ0) is 12.6. The summed E-state index contributed by atoms with van der Waals surface area (Å²) in [6, 6.07) is 1.56. The van der Waals surface area contributed by atoms with Crippen LogP contribution in [-0.2, 0) is 0 Å². The van der Waals surface area contributed by atoms with Gasteiger partial charge in [-0.25, -0.2) is 0 Å². The molecule has 0 bridgehead atoms. The number of nitrogens with two attached hydrogens (primary N) is 1. The van der Waals surface area contributed by atoms with Crippen molar-refractivity contribution in [1.29, 1.82) is 0 Å². The lowest BCUT2D eigenvalue weighted by Gasteiger charge is -2.23. The average Bonchev–Trinajstić information content (AvgIpc) is 2.83. The number of aromatic nitrogens is 2. The van der Waals surface area contributed by atoms with Gasteiger partial charge in [-0.2, -0.15) is 4.98 Å². The van der Waals surface area contributed by atoms with Gasteiger partial charge in [0, 0.05) is 0 Å². The first kappa shape index (κ1) is 11.9. The van der Waals surface area contributed by atoms with E-state index in [4.69, 9.17) is 14.7 Å². The van der Waals surface area contributed by atoms with Crippen LogP contribution in [0.5, 0.6) is 0 Å². The maximum atomic E-state index is 6.05. The molecule has 2 rings (SSSR count). The SMILES string of the molecule is Cc1ccoc1-c1noc([C@@H](N)C(C)(C)C)n1. The summed E-state index contributed by atoms with van der Waals surface area (Å²) in [5.74, 6) is 1.51. The molecule has 0 radical (unpaired) electrons. The summed E-state index contributed by atoms with van der Waals surface area (Å²) in [5, 5.41) is 3.89. The number of hydrogen-bond donors (Lipinski definition) is 1. The number of aryl methyl sites for hydroxylation is 1. The molecule has 0 saturated heterocycles. The van der Waals surface area contributed by atoms with Crippen LogP contribution in [0.3, 0.4) is 0 Å². The van der Waals surface area contributed by atoms with Crippen molar-refractivity contribution in [3.8, 4) is 11.6 Å². The van der Waals surface area contributed by atoms with Crippen LogP contribution in [0.15, 0.2) is 21.3 Å². The predicted octanol–water partition coefficient (Wildman–Crippen LogP) is 2.68. The molecule has 2 N–H and O–H groups in total. The minimum Gasteiger partial charge on any atom is -0.461 e. The van der Waals surface area contributed by atoms with E-state index in [2.05, 4.69) is 10.1 Å². The van der Waals surface area contributed by atoms with Gasteiger partial charge in [0.25, 0.3) is 0 Å². The van der Waals surface area contributed by atoms with Crippen molar-refractivity contribution in [2.45, 2.75) is 33.7 Å². The lowest BCUT2D eigenvalue weighted by atomic mass is 9.87. The molecule has 0 spiro atoms. The molecule has 0 aliphatic carbocycles. The van der Waals surface area contributed by atoms with Crippen LogP contribution in [0, 0.1) is 12.3 Å². The van der Waals surface area contributed by atoms with Crippen molar-refractivity contribution in [2.24, 2.45) is 11.1 Å². The van der Waals surface area contributed by atoms with E-state index in [0.717, 1.165) is 5.56 Å². The van der Waals surface area contributed by atoms with Crippen LogP contribution in [0.4, 0.5) is 0 Å². The average molecular weight is 235 g/mol. The van der Waals surface area contributed by atoms with E-state index >= 15 is 0 Å². The molecule has 92 valence electrons. The molecule has 2 aromatic heterocycles. The number of hydrogen-bond acceptors (Lipinski definition) is 5. The summed E-state index contributed by atoms with van der Waals surface area (Å²) in [5.41, 5.74) is 6.90. The van der Waals surface area contributed by atoms with Crippen LogP contribution >= 0.6 is 0 Å². The van der Waals surface area contributed by atoms with E-state index in [1.807, 2.05) is 33.8 Å². The van der Waals surface area contributed by atoms with Crippen molar-refractivity contribution in [2.75, 3.05) is 0 Å². The highest BCUT2D eigenvalue weighted by Crippen LogP contribution is 2.31. The minimum atomic E-state index is -0.293. The first-order valence-corrected chi connectivity index (χ1v) is 5.53. The van der Waals surface area contributed by atoms with Gasteiger partial charge in [0.2, 0.25) is 11.7 Å². The molecule has 0 aliphatic rings. The van der Waals surface area contributed by atoms with Gasteiger partial charge in [0.15, 0.2) is 5.76 Å². The third kappa shape index (κ3) is 2.24. The Morgan fingerprint density at radius 3 is 2.59 bits per heavy atom. The number of rotatable bonds is 2. The molecular weight excluding hydrogens is 218 g/mol. The Hall–Kier alpha value is -1.62. The van der Waals surface area contributed by atoms with Crippen molar-refractivity contribution < 1.29 is 8.94 Å². The van der Waals surface area contributed by atoms with Gasteiger partial charge in [-0.15, -0.1) is 0 Å². The maximum absolute atomic E-state index is 6.05. The third-order valence-electron chi connectivity index (χ3n) is 2.71. The monoisotopic (exact) mass is 235 g/mol. The van der Waals surface area contributed by atoms with Crippen LogP contribution < -0.4 is 5.73 Å². The van der Waals surface area contributed by atoms with E-state index in [-0.39, 0.29) is 11.5 Å². The highest BCUT2D eigenvalue weighted by Gasteiger charge is 2.28. The van der Waals surface area contributed by atoms with Gasteiger partial charge in [-0.1, -0.05) is 25.9 Å². The zero-order valence-electron chi connectivity index (χ0n) is 10.5. The van der Waals surface area contributed by atoms with Crippen molar-refractivity contribution in [3.05, 3.63) is 23.8 Å². The first-order valence-electron chi connectivity index (χ1n) is 5.53. The van der Waals surface area contributed by atoms with E-state index in [9.17, 15) is 0 Å². The lowest BCUT2D eigenvalue weighted by molar-refractivity contribution is 0.253. The zero-order valence-corrected chi connectivity index (χ0v) is 10.5. The van der Waals surface area contributed by atoms with Crippen LogP contribution in [0.25, 0.3) is 11.6 Å². The molecule has 0 aromatic carbocycles. The smallest absolute Gasteiger partial charge is 0.244 e. The molecule has 0 unspecified atom stereocenters. The summed E-state index contributed by atoms with van der Waals surface area (Å²) in [7, 11) is 0. The third-order valence-corrected chi connectivity index (χ3v) is 2.71. The Morgan fingerprint density at radius 2 is 2.06 bits per heavy atom. The van der Waals surface area contributed by atoms with Gasteiger partial charge in [0.1, 0.15) is 0 Å². The molecule has 2 heterocycles. The summed E-state index contributed by atoms with van der Waals surface area (Å²) in [6.07, 6.45) is 1.60. The summed E-state index contributed by atoms with van der Waals surface area (Å²) in [6.45, 7) is 8.01.